The van der Waals surface area contributed by atoms with Crippen LogP contribution in [0.15, 0.2) is 22.7 Å². The molecule has 1 aliphatic rings. The molecular formula is C15H21BrN2O2. The van der Waals surface area contributed by atoms with E-state index in [2.05, 4.69) is 21.2 Å². The number of halogens is 1. The van der Waals surface area contributed by atoms with Crippen LogP contribution in [0, 0.1) is 6.92 Å². The number of benzene rings is 1. The number of urea groups is 1. The summed E-state index contributed by atoms with van der Waals surface area (Å²) in [5.41, 5.74) is 1.95. The summed E-state index contributed by atoms with van der Waals surface area (Å²) < 4.78 is 0.994. The fourth-order valence-corrected chi connectivity index (χ4v) is 2.47. The second-order valence-electron chi connectivity index (χ2n) is 5.25. The molecular weight excluding hydrogens is 320 g/mol. The van der Waals surface area contributed by atoms with E-state index in [0.29, 0.717) is 12.6 Å². The normalized spacial score (nSPS) is 14.2. The van der Waals surface area contributed by atoms with Crippen molar-refractivity contribution >= 4 is 27.6 Å². The number of hydrogen-bond donors (Lipinski definition) is 2. The highest BCUT2D eigenvalue weighted by atomic mass is 79.9. The van der Waals surface area contributed by atoms with Crippen molar-refractivity contribution in [3.8, 4) is 0 Å². The molecule has 1 aromatic carbocycles. The molecule has 0 heterocycles. The molecule has 0 radical (unpaired) electrons. The number of carbonyl (C=O) groups is 1. The lowest BCUT2D eigenvalue weighted by atomic mass is 10.2. The Bertz CT molecular complexity index is 475. The average Bonchev–Trinajstić information content (AvgIpc) is 3.23. The van der Waals surface area contributed by atoms with Gasteiger partial charge in [-0.1, -0.05) is 22.0 Å². The van der Waals surface area contributed by atoms with E-state index in [9.17, 15) is 4.79 Å². The smallest absolute Gasteiger partial charge is 0.322 e. The van der Waals surface area contributed by atoms with Crippen LogP contribution in [0.4, 0.5) is 10.5 Å². The number of nitrogens with zero attached hydrogens (tertiary/aromatic N) is 1. The molecule has 4 nitrogen and oxygen atoms in total. The summed E-state index contributed by atoms with van der Waals surface area (Å²) in [5.74, 6) is 0. The summed E-state index contributed by atoms with van der Waals surface area (Å²) >= 11 is 3.47. The molecule has 1 aromatic rings. The second-order valence-corrected chi connectivity index (χ2v) is 6.10. The number of carbonyl (C=O) groups excluding carboxylic acids is 1. The van der Waals surface area contributed by atoms with E-state index < -0.39 is 0 Å². The Morgan fingerprint density at radius 3 is 2.80 bits per heavy atom. The molecule has 0 unspecified atom stereocenters. The summed E-state index contributed by atoms with van der Waals surface area (Å²) in [5, 5.41) is 11.8. The number of anilines is 1. The van der Waals surface area contributed by atoms with Gasteiger partial charge < -0.3 is 15.3 Å². The van der Waals surface area contributed by atoms with Crippen molar-refractivity contribution in [1.82, 2.24) is 4.90 Å². The first-order valence-electron chi connectivity index (χ1n) is 7.06. The monoisotopic (exact) mass is 340 g/mol. The molecule has 0 bridgehead atoms. The molecule has 0 atom stereocenters. The minimum absolute atomic E-state index is 0.0406. The Labute approximate surface area is 128 Å². The Morgan fingerprint density at radius 1 is 1.45 bits per heavy atom. The zero-order valence-electron chi connectivity index (χ0n) is 11.7. The van der Waals surface area contributed by atoms with Crippen LogP contribution in [0.3, 0.4) is 0 Å². The van der Waals surface area contributed by atoms with Gasteiger partial charge in [0.1, 0.15) is 0 Å². The van der Waals surface area contributed by atoms with Crippen LogP contribution in [0.5, 0.6) is 0 Å². The van der Waals surface area contributed by atoms with Gasteiger partial charge in [0.15, 0.2) is 0 Å². The Balaban J connectivity index is 1.95. The van der Waals surface area contributed by atoms with E-state index >= 15 is 0 Å². The summed E-state index contributed by atoms with van der Waals surface area (Å²) in [6, 6.07) is 6.15. The Kier molecular flexibility index (Phi) is 5.43. The van der Waals surface area contributed by atoms with Gasteiger partial charge in [0.25, 0.3) is 0 Å². The molecule has 0 saturated heterocycles. The first-order chi connectivity index (χ1) is 9.61. The highest BCUT2D eigenvalue weighted by Gasteiger charge is 2.32. The third-order valence-electron chi connectivity index (χ3n) is 3.48. The van der Waals surface area contributed by atoms with Gasteiger partial charge in [-0.3, -0.25) is 0 Å². The van der Waals surface area contributed by atoms with Gasteiger partial charge in [-0.05, 0) is 50.3 Å². The summed E-state index contributed by atoms with van der Waals surface area (Å²) in [6.45, 7) is 2.91. The molecule has 1 saturated carbocycles. The van der Waals surface area contributed by atoms with Gasteiger partial charge >= 0.3 is 6.03 Å². The standard InChI is InChI=1S/C15H21BrN2O2/c1-11-4-5-12(10-14(11)16)17-15(20)18(13-6-7-13)8-2-3-9-19/h4-5,10,13,19H,2-3,6-9H2,1H3,(H,17,20). The fourth-order valence-electron chi connectivity index (χ4n) is 2.10. The van der Waals surface area contributed by atoms with Crippen LogP contribution in [0.2, 0.25) is 0 Å². The maximum absolute atomic E-state index is 12.3. The predicted octanol–water partition coefficient (Wildman–Crippen LogP) is 3.53. The van der Waals surface area contributed by atoms with E-state index in [-0.39, 0.29) is 12.6 Å². The maximum Gasteiger partial charge on any atom is 0.322 e. The van der Waals surface area contributed by atoms with Gasteiger partial charge in [0, 0.05) is 29.4 Å². The van der Waals surface area contributed by atoms with Gasteiger partial charge in [-0.15, -0.1) is 0 Å². The van der Waals surface area contributed by atoms with Crippen molar-refractivity contribution < 1.29 is 9.90 Å². The van der Waals surface area contributed by atoms with E-state index in [1.807, 2.05) is 30.0 Å². The molecule has 0 aliphatic heterocycles. The van der Waals surface area contributed by atoms with Crippen LogP contribution in [-0.2, 0) is 0 Å². The zero-order valence-corrected chi connectivity index (χ0v) is 13.3. The Hall–Kier alpha value is -1.07. The number of hydrogen-bond acceptors (Lipinski definition) is 2. The molecule has 110 valence electrons. The third-order valence-corrected chi connectivity index (χ3v) is 4.33. The number of unbranched alkanes of at least 4 members (excludes halogenated alkanes) is 1. The summed E-state index contributed by atoms with van der Waals surface area (Å²) in [4.78, 5) is 14.2. The first kappa shape index (κ1) is 15.3. The van der Waals surface area contributed by atoms with E-state index in [1.54, 1.807) is 0 Å². The second kappa shape index (κ2) is 7.09. The van der Waals surface area contributed by atoms with Crippen molar-refractivity contribution in [3.63, 3.8) is 0 Å². The molecule has 20 heavy (non-hydrogen) atoms. The maximum atomic E-state index is 12.3. The van der Waals surface area contributed by atoms with Crippen molar-refractivity contribution in [3.05, 3.63) is 28.2 Å². The van der Waals surface area contributed by atoms with Gasteiger partial charge in [0.2, 0.25) is 0 Å². The number of aryl methyl sites for hydroxylation is 1. The molecule has 1 fully saturated rings. The number of nitrogens with one attached hydrogen (secondary N) is 1. The summed E-state index contributed by atoms with van der Waals surface area (Å²) in [7, 11) is 0. The van der Waals surface area contributed by atoms with E-state index in [4.69, 9.17) is 5.11 Å². The SMILES string of the molecule is Cc1ccc(NC(=O)N(CCCCO)C2CC2)cc1Br. The lowest BCUT2D eigenvalue weighted by molar-refractivity contribution is 0.204. The minimum atomic E-state index is -0.0406. The molecule has 2 amide bonds. The number of aliphatic hydroxyl groups is 1. The average molecular weight is 341 g/mol. The van der Waals surface area contributed by atoms with E-state index in [1.165, 1.54) is 0 Å². The quantitative estimate of drug-likeness (QED) is 0.778. The summed E-state index contributed by atoms with van der Waals surface area (Å²) in [6.07, 6.45) is 3.76. The molecule has 0 spiro atoms. The highest BCUT2D eigenvalue weighted by Crippen LogP contribution is 2.28. The predicted molar refractivity (Wildman–Crippen MR) is 83.9 cm³/mol. The topological polar surface area (TPSA) is 52.6 Å². The lowest BCUT2D eigenvalue weighted by Gasteiger charge is -2.23. The zero-order chi connectivity index (χ0) is 14.5. The first-order valence-corrected chi connectivity index (χ1v) is 7.85. The third kappa shape index (κ3) is 4.21. The van der Waals surface area contributed by atoms with Crippen LogP contribution in [0.25, 0.3) is 0 Å². The van der Waals surface area contributed by atoms with Gasteiger partial charge in [0.05, 0.1) is 0 Å². The molecule has 2 rings (SSSR count). The van der Waals surface area contributed by atoms with Crippen molar-refractivity contribution in [2.45, 2.75) is 38.6 Å². The number of rotatable bonds is 6. The lowest BCUT2D eigenvalue weighted by Crippen LogP contribution is -2.37. The van der Waals surface area contributed by atoms with Crippen LogP contribution >= 0.6 is 15.9 Å². The van der Waals surface area contributed by atoms with Gasteiger partial charge in [-0.2, -0.15) is 0 Å². The van der Waals surface area contributed by atoms with Crippen LogP contribution in [-0.4, -0.2) is 35.2 Å². The van der Waals surface area contributed by atoms with Crippen LogP contribution in [0.1, 0.15) is 31.2 Å². The van der Waals surface area contributed by atoms with Crippen molar-refractivity contribution in [2.75, 3.05) is 18.5 Å². The number of aliphatic hydroxyl groups excluding tert-OH is 1. The largest absolute Gasteiger partial charge is 0.396 e. The molecule has 5 heteroatoms. The van der Waals surface area contributed by atoms with Crippen LogP contribution < -0.4 is 5.32 Å². The van der Waals surface area contributed by atoms with E-state index in [0.717, 1.165) is 41.4 Å². The fraction of sp³-hybridized carbons (Fsp3) is 0.533. The minimum Gasteiger partial charge on any atom is -0.396 e. The highest BCUT2D eigenvalue weighted by molar-refractivity contribution is 9.10. The van der Waals surface area contributed by atoms with Crippen molar-refractivity contribution in [1.29, 1.82) is 0 Å². The molecule has 0 aromatic heterocycles. The van der Waals surface area contributed by atoms with Gasteiger partial charge in [-0.25, -0.2) is 4.79 Å². The molecule has 1 aliphatic carbocycles. The van der Waals surface area contributed by atoms with Crippen molar-refractivity contribution in [2.24, 2.45) is 0 Å². The number of amides is 2. The Morgan fingerprint density at radius 2 is 2.20 bits per heavy atom. The molecule has 2 N–H and O–H groups in total.